The quantitative estimate of drug-likeness (QED) is 0.424. The van der Waals surface area contributed by atoms with Crippen LogP contribution in [0, 0.1) is 5.92 Å². The molecule has 5 heteroatoms. The zero-order chi connectivity index (χ0) is 15.1. The molecule has 1 rings (SSSR count). The van der Waals surface area contributed by atoms with Crippen molar-refractivity contribution in [2.75, 3.05) is 5.75 Å². The summed E-state index contributed by atoms with van der Waals surface area (Å²) >= 11 is 1.87. The monoisotopic (exact) mass is 299 g/mol. The zero-order valence-corrected chi connectivity index (χ0v) is 13.4. The molecule has 0 bridgehead atoms. The van der Waals surface area contributed by atoms with Crippen LogP contribution in [-0.2, 0) is 4.79 Å². The molecule has 1 aliphatic carbocycles. The van der Waals surface area contributed by atoms with E-state index in [-0.39, 0.29) is 23.0 Å². The molecule has 2 unspecified atom stereocenters. The summed E-state index contributed by atoms with van der Waals surface area (Å²) in [5.74, 6) is 1.27. The van der Waals surface area contributed by atoms with Gasteiger partial charge >= 0.3 is 0 Å². The van der Waals surface area contributed by atoms with Gasteiger partial charge in [-0.05, 0) is 24.5 Å². The van der Waals surface area contributed by atoms with E-state index in [0.717, 1.165) is 18.6 Å². The average Bonchev–Trinajstić information content (AvgIpc) is 2.37. The summed E-state index contributed by atoms with van der Waals surface area (Å²) in [6, 6.07) is 0. The summed E-state index contributed by atoms with van der Waals surface area (Å²) in [6.07, 6.45) is 3.17. The molecule has 0 saturated carbocycles. The Labute approximate surface area is 125 Å². The lowest BCUT2D eigenvalue weighted by molar-refractivity contribution is -0.116. The Balaban J connectivity index is 2.79. The molecule has 0 heterocycles. The van der Waals surface area contributed by atoms with Crippen LogP contribution < -0.4 is 0 Å². The van der Waals surface area contributed by atoms with Crippen LogP contribution in [0.5, 0.6) is 0 Å². The van der Waals surface area contributed by atoms with E-state index in [1.54, 1.807) is 0 Å². The minimum absolute atomic E-state index is 0.0892. The lowest BCUT2D eigenvalue weighted by atomic mass is 9.82. The molecule has 0 amide bonds. The van der Waals surface area contributed by atoms with Gasteiger partial charge in [-0.2, -0.15) is 11.8 Å². The fraction of sp³-hybridized carbons (Fsp3) is 0.733. The number of thioether (sulfide) groups is 1. The number of oxime groups is 1. The summed E-state index contributed by atoms with van der Waals surface area (Å²) in [5.41, 5.74) is 0.575. The zero-order valence-electron chi connectivity index (χ0n) is 12.6. The first-order chi connectivity index (χ1) is 9.53. The van der Waals surface area contributed by atoms with Gasteiger partial charge in [0.2, 0.25) is 0 Å². The molecule has 0 radical (unpaired) electrons. The SMILES string of the molecule is CCC/C(=N/O)C1=C(O)CC(CC(C)SCC)CC1=O. The normalized spacial score (nSPS) is 22.2. The summed E-state index contributed by atoms with van der Waals surface area (Å²) < 4.78 is 0. The van der Waals surface area contributed by atoms with E-state index in [1.165, 1.54) is 0 Å². The maximum atomic E-state index is 12.2. The Bertz CT molecular complexity index is 404. The average molecular weight is 299 g/mol. The summed E-state index contributed by atoms with van der Waals surface area (Å²) in [7, 11) is 0. The van der Waals surface area contributed by atoms with Gasteiger partial charge in [-0.15, -0.1) is 0 Å². The molecule has 0 saturated heterocycles. The van der Waals surface area contributed by atoms with Crippen molar-refractivity contribution in [3.63, 3.8) is 0 Å². The predicted octanol–water partition coefficient (Wildman–Crippen LogP) is 3.94. The summed E-state index contributed by atoms with van der Waals surface area (Å²) in [4.78, 5) is 12.2. The first-order valence-electron chi connectivity index (χ1n) is 7.31. The Hall–Kier alpha value is -0.970. The van der Waals surface area contributed by atoms with Crippen molar-refractivity contribution in [3.05, 3.63) is 11.3 Å². The van der Waals surface area contributed by atoms with Crippen LogP contribution in [0.3, 0.4) is 0 Å². The number of hydrogen-bond acceptors (Lipinski definition) is 5. The summed E-state index contributed by atoms with van der Waals surface area (Å²) in [5, 5.41) is 22.8. The number of ketones is 1. The number of carbonyl (C=O) groups excluding carboxylic acids is 1. The molecule has 0 aromatic carbocycles. The van der Waals surface area contributed by atoms with E-state index in [4.69, 9.17) is 5.21 Å². The van der Waals surface area contributed by atoms with Crippen LogP contribution in [0.15, 0.2) is 16.5 Å². The van der Waals surface area contributed by atoms with Gasteiger partial charge in [0.05, 0.1) is 11.3 Å². The van der Waals surface area contributed by atoms with E-state index >= 15 is 0 Å². The Morgan fingerprint density at radius 2 is 2.15 bits per heavy atom. The lowest BCUT2D eigenvalue weighted by Crippen LogP contribution is -2.26. The summed E-state index contributed by atoms with van der Waals surface area (Å²) in [6.45, 7) is 6.23. The molecule has 4 nitrogen and oxygen atoms in total. The third-order valence-electron chi connectivity index (χ3n) is 3.54. The molecule has 0 fully saturated rings. The Morgan fingerprint density at radius 1 is 1.45 bits per heavy atom. The molecule has 2 N–H and O–H groups in total. The maximum Gasteiger partial charge on any atom is 0.168 e. The van der Waals surface area contributed by atoms with Gasteiger partial charge in [0.15, 0.2) is 5.78 Å². The number of aliphatic hydroxyl groups is 1. The van der Waals surface area contributed by atoms with E-state index in [0.29, 0.717) is 30.2 Å². The fourth-order valence-electron chi connectivity index (χ4n) is 2.75. The molecule has 0 spiro atoms. The molecule has 0 aromatic heterocycles. The minimum atomic E-state index is -0.0892. The molecule has 20 heavy (non-hydrogen) atoms. The molecule has 114 valence electrons. The number of allylic oxidation sites excluding steroid dienone is 2. The second-order valence-electron chi connectivity index (χ2n) is 5.32. The van der Waals surface area contributed by atoms with Crippen molar-refractivity contribution in [1.29, 1.82) is 0 Å². The van der Waals surface area contributed by atoms with Gasteiger partial charge in [0, 0.05) is 18.1 Å². The van der Waals surface area contributed by atoms with E-state index in [9.17, 15) is 9.90 Å². The highest BCUT2D eigenvalue weighted by Gasteiger charge is 2.31. The molecule has 1 aliphatic rings. The van der Waals surface area contributed by atoms with Gasteiger partial charge in [0.25, 0.3) is 0 Å². The van der Waals surface area contributed by atoms with Gasteiger partial charge < -0.3 is 10.3 Å². The van der Waals surface area contributed by atoms with Gasteiger partial charge in [-0.3, -0.25) is 4.79 Å². The number of rotatable bonds is 7. The van der Waals surface area contributed by atoms with E-state index in [1.807, 2.05) is 18.7 Å². The molecular weight excluding hydrogens is 274 g/mol. The first-order valence-corrected chi connectivity index (χ1v) is 8.36. The van der Waals surface area contributed by atoms with Gasteiger partial charge in [-0.25, -0.2) is 0 Å². The van der Waals surface area contributed by atoms with E-state index < -0.39 is 0 Å². The van der Waals surface area contributed by atoms with Gasteiger partial charge in [0.1, 0.15) is 5.76 Å². The van der Waals surface area contributed by atoms with Crippen LogP contribution in [0.2, 0.25) is 0 Å². The Kier molecular flexibility index (Phi) is 7.13. The number of hydrogen-bond donors (Lipinski definition) is 2. The topological polar surface area (TPSA) is 69.9 Å². The van der Waals surface area contributed by atoms with Crippen LogP contribution in [0.4, 0.5) is 0 Å². The minimum Gasteiger partial charge on any atom is -0.511 e. The van der Waals surface area contributed by atoms with Crippen molar-refractivity contribution < 1.29 is 15.1 Å². The van der Waals surface area contributed by atoms with Crippen LogP contribution >= 0.6 is 11.8 Å². The largest absolute Gasteiger partial charge is 0.511 e. The van der Waals surface area contributed by atoms with Crippen molar-refractivity contribution in [3.8, 4) is 0 Å². The van der Waals surface area contributed by atoms with Crippen LogP contribution in [0.1, 0.15) is 52.9 Å². The van der Waals surface area contributed by atoms with Crippen LogP contribution in [-0.4, -0.2) is 32.8 Å². The maximum absolute atomic E-state index is 12.2. The van der Waals surface area contributed by atoms with Gasteiger partial charge in [-0.1, -0.05) is 32.3 Å². The third kappa shape index (κ3) is 4.54. The lowest BCUT2D eigenvalue weighted by Gasteiger charge is -2.25. The fourth-order valence-corrected chi connectivity index (χ4v) is 3.73. The van der Waals surface area contributed by atoms with E-state index in [2.05, 4.69) is 19.0 Å². The van der Waals surface area contributed by atoms with Crippen LogP contribution in [0.25, 0.3) is 0 Å². The first kappa shape index (κ1) is 17.1. The number of aliphatic hydroxyl groups excluding tert-OH is 1. The highest BCUT2D eigenvalue weighted by Crippen LogP contribution is 2.32. The van der Waals surface area contributed by atoms with Crippen molar-refractivity contribution in [2.45, 2.75) is 58.1 Å². The van der Waals surface area contributed by atoms with Crippen molar-refractivity contribution in [1.82, 2.24) is 0 Å². The number of Topliss-reactive ketones (excluding diaryl/α,β-unsaturated/α-hetero) is 1. The number of nitrogens with zero attached hydrogens (tertiary/aromatic N) is 1. The molecule has 0 aromatic rings. The highest BCUT2D eigenvalue weighted by molar-refractivity contribution is 7.99. The van der Waals surface area contributed by atoms with Crippen molar-refractivity contribution >= 4 is 23.3 Å². The highest BCUT2D eigenvalue weighted by atomic mass is 32.2. The molecule has 2 atom stereocenters. The number of carbonyl (C=O) groups is 1. The second kappa shape index (κ2) is 8.35. The smallest absolute Gasteiger partial charge is 0.168 e. The van der Waals surface area contributed by atoms with Crippen molar-refractivity contribution in [2.24, 2.45) is 11.1 Å². The Morgan fingerprint density at radius 3 is 2.65 bits per heavy atom. The standard InChI is InChI=1S/C15H25NO3S/c1-4-6-12(16-19)15-13(17)8-11(9-14(15)18)7-10(3)20-5-2/h10-11,17,19H,4-9H2,1-3H3/b16-12-. The molecule has 0 aliphatic heterocycles. The molecular formula is C15H25NO3S. The third-order valence-corrected chi connectivity index (χ3v) is 4.63. The second-order valence-corrected chi connectivity index (χ2v) is 7.03. The predicted molar refractivity (Wildman–Crippen MR) is 83.7 cm³/mol.